The van der Waals surface area contributed by atoms with E-state index in [2.05, 4.69) is 0 Å². The summed E-state index contributed by atoms with van der Waals surface area (Å²) >= 11 is 11.1. The van der Waals surface area contributed by atoms with E-state index in [1.807, 2.05) is 30.3 Å². The summed E-state index contributed by atoms with van der Waals surface area (Å²) in [6.45, 7) is 0. The first kappa shape index (κ1) is 27.2. The third-order valence-electron chi connectivity index (χ3n) is 5.67. The standard InChI is InChI=1S/C26H40Cl2O2/c27-26(28)25(30)22-18-13-11-9-7-5-3-1-2-4-6-8-10-12-17-21-24(29)23-19-15-14-16-20-23/h14-16,19-20,26H,1-13,17-18,21-22H2. The zero-order valence-corrected chi connectivity index (χ0v) is 20.1. The van der Waals surface area contributed by atoms with Crippen molar-refractivity contribution in [3.05, 3.63) is 35.9 Å². The monoisotopic (exact) mass is 454 g/mol. The molecule has 0 spiro atoms. The number of rotatable bonds is 20. The van der Waals surface area contributed by atoms with Gasteiger partial charge in [0.1, 0.15) is 0 Å². The Bertz CT molecular complexity index is 557. The molecule has 0 bridgehead atoms. The molecule has 0 saturated heterocycles. The SMILES string of the molecule is O=C(CCCCCCCCCCCCCCCCCC(=O)C(Cl)Cl)c1ccccc1. The van der Waals surface area contributed by atoms with Crippen molar-refractivity contribution in [3.63, 3.8) is 0 Å². The molecule has 0 aliphatic carbocycles. The number of halogens is 2. The summed E-state index contributed by atoms with van der Waals surface area (Å²) in [7, 11) is 0. The first-order valence-corrected chi connectivity index (χ1v) is 12.9. The second-order valence-electron chi connectivity index (χ2n) is 8.36. The molecule has 0 unspecified atom stereocenters. The number of unbranched alkanes of at least 4 members (excludes halogenated alkanes) is 14. The molecule has 4 heteroatoms. The van der Waals surface area contributed by atoms with Gasteiger partial charge in [0.05, 0.1) is 0 Å². The molecule has 0 saturated carbocycles. The van der Waals surface area contributed by atoms with Crippen molar-refractivity contribution in [2.24, 2.45) is 0 Å². The zero-order valence-electron chi connectivity index (χ0n) is 18.6. The number of hydrogen-bond acceptors (Lipinski definition) is 2. The molecule has 0 heterocycles. The molecule has 1 aromatic carbocycles. The maximum absolute atomic E-state index is 12.0. The van der Waals surface area contributed by atoms with Crippen LogP contribution in [0.1, 0.15) is 120 Å². The summed E-state index contributed by atoms with van der Waals surface area (Å²) in [6.07, 6.45) is 19.8. The fourth-order valence-electron chi connectivity index (χ4n) is 3.76. The van der Waals surface area contributed by atoms with Crippen molar-refractivity contribution in [2.45, 2.75) is 114 Å². The van der Waals surface area contributed by atoms with Crippen LogP contribution in [0.15, 0.2) is 30.3 Å². The van der Waals surface area contributed by atoms with Gasteiger partial charge in [0.15, 0.2) is 16.4 Å². The summed E-state index contributed by atoms with van der Waals surface area (Å²) in [5, 5.41) is 0. The predicted octanol–water partition coefficient (Wildman–Crippen LogP) is 8.87. The Morgan fingerprint density at radius 3 is 1.33 bits per heavy atom. The molecule has 0 radical (unpaired) electrons. The van der Waals surface area contributed by atoms with Crippen molar-refractivity contribution in [3.8, 4) is 0 Å². The molecule has 0 atom stereocenters. The van der Waals surface area contributed by atoms with Crippen LogP contribution in [0.4, 0.5) is 0 Å². The van der Waals surface area contributed by atoms with Crippen LogP contribution in [-0.4, -0.2) is 16.4 Å². The minimum absolute atomic E-state index is 0.0449. The molecule has 1 aromatic rings. The van der Waals surface area contributed by atoms with Crippen LogP contribution in [-0.2, 0) is 4.79 Å². The average Bonchev–Trinajstić information content (AvgIpc) is 2.76. The van der Waals surface area contributed by atoms with Crippen LogP contribution < -0.4 is 0 Å². The first-order valence-electron chi connectivity index (χ1n) is 12.0. The summed E-state index contributed by atoms with van der Waals surface area (Å²) in [4.78, 5) is 22.5. The zero-order chi connectivity index (χ0) is 21.9. The van der Waals surface area contributed by atoms with Crippen LogP contribution >= 0.6 is 23.2 Å². The predicted molar refractivity (Wildman–Crippen MR) is 130 cm³/mol. The van der Waals surface area contributed by atoms with Gasteiger partial charge in [-0.15, -0.1) is 0 Å². The van der Waals surface area contributed by atoms with Gasteiger partial charge >= 0.3 is 0 Å². The molecule has 0 aromatic heterocycles. The van der Waals surface area contributed by atoms with Crippen molar-refractivity contribution < 1.29 is 9.59 Å². The Kier molecular flexibility index (Phi) is 17.1. The van der Waals surface area contributed by atoms with Gasteiger partial charge in [-0.2, -0.15) is 0 Å². The quantitative estimate of drug-likeness (QED) is 0.112. The Balaban J connectivity index is 1.76. The molecule has 0 fully saturated rings. The molecular formula is C26H40Cl2O2. The summed E-state index contributed by atoms with van der Waals surface area (Å²) in [5.74, 6) is 0.234. The normalized spacial score (nSPS) is 11.2. The molecule has 170 valence electrons. The number of carbonyl (C=O) groups excluding carboxylic acids is 2. The smallest absolute Gasteiger partial charge is 0.165 e. The topological polar surface area (TPSA) is 34.1 Å². The van der Waals surface area contributed by atoms with Gasteiger partial charge in [0.2, 0.25) is 0 Å². The van der Waals surface area contributed by atoms with Crippen LogP contribution in [0.25, 0.3) is 0 Å². The number of ketones is 2. The third kappa shape index (κ3) is 15.0. The van der Waals surface area contributed by atoms with Crippen LogP contribution in [0.2, 0.25) is 0 Å². The summed E-state index contributed by atoms with van der Waals surface area (Å²) < 4.78 is 0. The number of alkyl halides is 2. The van der Waals surface area contributed by atoms with E-state index in [4.69, 9.17) is 23.2 Å². The Labute approximate surface area is 194 Å². The summed E-state index contributed by atoms with van der Waals surface area (Å²) in [5.41, 5.74) is 0.848. The molecule has 30 heavy (non-hydrogen) atoms. The highest BCUT2D eigenvalue weighted by Gasteiger charge is 2.10. The lowest BCUT2D eigenvalue weighted by molar-refractivity contribution is -0.117. The Morgan fingerprint density at radius 1 is 0.567 bits per heavy atom. The highest BCUT2D eigenvalue weighted by Crippen LogP contribution is 2.15. The summed E-state index contributed by atoms with van der Waals surface area (Å²) in [6, 6.07) is 9.63. The molecule has 0 aliphatic rings. The minimum atomic E-state index is -0.847. The number of benzene rings is 1. The van der Waals surface area contributed by atoms with E-state index in [0.717, 1.165) is 24.8 Å². The van der Waals surface area contributed by atoms with Crippen molar-refractivity contribution in [2.75, 3.05) is 0 Å². The molecule has 1 rings (SSSR count). The lowest BCUT2D eigenvalue weighted by Gasteiger charge is -2.04. The van der Waals surface area contributed by atoms with Gasteiger partial charge in [-0.25, -0.2) is 0 Å². The lowest BCUT2D eigenvalue weighted by Crippen LogP contribution is -2.06. The highest BCUT2D eigenvalue weighted by molar-refractivity contribution is 6.53. The highest BCUT2D eigenvalue weighted by atomic mass is 35.5. The van der Waals surface area contributed by atoms with E-state index in [1.165, 1.54) is 77.0 Å². The van der Waals surface area contributed by atoms with Gasteiger partial charge in [0, 0.05) is 18.4 Å². The lowest BCUT2D eigenvalue weighted by atomic mass is 10.0. The minimum Gasteiger partial charge on any atom is -0.297 e. The number of carbonyl (C=O) groups is 2. The van der Waals surface area contributed by atoms with E-state index < -0.39 is 4.84 Å². The number of hydrogen-bond donors (Lipinski definition) is 0. The van der Waals surface area contributed by atoms with Crippen molar-refractivity contribution in [1.29, 1.82) is 0 Å². The maximum Gasteiger partial charge on any atom is 0.165 e. The molecule has 2 nitrogen and oxygen atoms in total. The second kappa shape index (κ2) is 18.9. The van der Waals surface area contributed by atoms with Gasteiger partial charge < -0.3 is 0 Å². The van der Waals surface area contributed by atoms with Gasteiger partial charge in [-0.05, 0) is 12.8 Å². The molecule has 0 N–H and O–H groups in total. The van der Waals surface area contributed by atoms with E-state index in [9.17, 15) is 9.59 Å². The van der Waals surface area contributed by atoms with Gasteiger partial charge in [0.25, 0.3) is 0 Å². The van der Waals surface area contributed by atoms with E-state index >= 15 is 0 Å². The third-order valence-corrected chi connectivity index (χ3v) is 6.15. The Morgan fingerprint density at radius 2 is 0.933 bits per heavy atom. The fraction of sp³-hybridized carbons (Fsp3) is 0.692. The van der Waals surface area contributed by atoms with Crippen molar-refractivity contribution in [1.82, 2.24) is 0 Å². The molecule has 0 amide bonds. The fourth-order valence-corrected chi connectivity index (χ4v) is 3.98. The second-order valence-corrected chi connectivity index (χ2v) is 9.46. The Hall–Kier alpha value is -0.860. The largest absolute Gasteiger partial charge is 0.297 e. The van der Waals surface area contributed by atoms with E-state index in [-0.39, 0.29) is 11.6 Å². The van der Waals surface area contributed by atoms with Crippen LogP contribution in [0.3, 0.4) is 0 Å². The van der Waals surface area contributed by atoms with Crippen LogP contribution in [0.5, 0.6) is 0 Å². The molecular weight excluding hydrogens is 415 g/mol. The van der Waals surface area contributed by atoms with E-state index in [1.54, 1.807) is 0 Å². The van der Waals surface area contributed by atoms with Crippen molar-refractivity contribution >= 4 is 34.8 Å². The maximum atomic E-state index is 12.0. The average molecular weight is 456 g/mol. The molecule has 0 aliphatic heterocycles. The first-order chi connectivity index (χ1) is 14.6. The van der Waals surface area contributed by atoms with E-state index in [0.29, 0.717) is 12.8 Å². The number of Topliss-reactive ketones (excluding diaryl/α,β-unsaturated/α-hetero) is 2. The van der Waals surface area contributed by atoms with Crippen LogP contribution in [0, 0.1) is 0 Å². The van der Waals surface area contributed by atoms with Gasteiger partial charge in [-0.3, -0.25) is 9.59 Å². The van der Waals surface area contributed by atoms with Gasteiger partial charge in [-0.1, -0.05) is 137 Å².